The molecule has 2 aromatic carbocycles. The van der Waals surface area contributed by atoms with Crippen molar-refractivity contribution in [1.82, 2.24) is 5.32 Å². The molecular formula is C23H25NO5. The quantitative estimate of drug-likeness (QED) is 0.625. The Morgan fingerprint density at radius 2 is 1.83 bits per heavy atom. The van der Waals surface area contributed by atoms with Crippen molar-refractivity contribution in [2.45, 2.75) is 39.9 Å². The van der Waals surface area contributed by atoms with E-state index in [-0.39, 0.29) is 18.1 Å². The maximum absolute atomic E-state index is 12.5. The summed E-state index contributed by atoms with van der Waals surface area (Å²) >= 11 is 0. The molecule has 2 atom stereocenters. The van der Waals surface area contributed by atoms with Crippen molar-refractivity contribution in [2.24, 2.45) is 0 Å². The molecule has 0 saturated carbocycles. The predicted molar refractivity (Wildman–Crippen MR) is 111 cm³/mol. The summed E-state index contributed by atoms with van der Waals surface area (Å²) < 4.78 is 11.3. The van der Waals surface area contributed by atoms with Gasteiger partial charge in [0, 0.05) is 12.1 Å². The number of carbonyl (C=O) groups is 1. The fraction of sp³-hybridized carbons (Fsp3) is 0.304. The molecule has 6 heteroatoms. The zero-order chi connectivity index (χ0) is 21.1. The predicted octanol–water partition coefficient (Wildman–Crippen LogP) is 3.34. The standard InChI is InChI=1S/C23H25NO5/c1-13-10-19(21-14(2)15(3)23(27)29-20(21)11-13)28-16(4)22(26)24-12-18(25)17-8-6-5-7-9-17/h5-11,16,18,25H,12H2,1-4H3,(H,24,26)/t16-,18-/m0/s1. The number of hydrogen-bond donors (Lipinski definition) is 2. The lowest BCUT2D eigenvalue weighted by molar-refractivity contribution is -0.127. The zero-order valence-corrected chi connectivity index (χ0v) is 17.0. The Balaban J connectivity index is 1.77. The summed E-state index contributed by atoms with van der Waals surface area (Å²) in [7, 11) is 0. The van der Waals surface area contributed by atoms with Crippen molar-refractivity contribution >= 4 is 16.9 Å². The monoisotopic (exact) mass is 395 g/mol. The molecule has 152 valence electrons. The smallest absolute Gasteiger partial charge is 0.339 e. The van der Waals surface area contributed by atoms with Gasteiger partial charge in [0.25, 0.3) is 5.91 Å². The van der Waals surface area contributed by atoms with Gasteiger partial charge in [-0.25, -0.2) is 4.79 Å². The molecule has 0 spiro atoms. The number of aliphatic hydroxyl groups is 1. The van der Waals surface area contributed by atoms with Crippen LogP contribution in [0.25, 0.3) is 11.0 Å². The molecule has 29 heavy (non-hydrogen) atoms. The van der Waals surface area contributed by atoms with Crippen LogP contribution in [0.4, 0.5) is 0 Å². The van der Waals surface area contributed by atoms with Crippen molar-refractivity contribution in [2.75, 3.05) is 6.54 Å². The van der Waals surface area contributed by atoms with Crippen LogP contribution in [0.5, 0.6) is 5.75 Å². The fourth-order valence-electron chi connectivity index (χ4n) is 3.16. The molecule has 1 amide bonds. The summed E-state index contributed by atoms with van der Waals surface area (Å²) in [6.07, 6.45) is -1.60. The van der Waals surface area contributed by atoms with Gasteiger partial charge in [-0.05, 0) is 56.5 Å². The van der Waals surface area contributed by atoms with E-state index < -0.39 is 12.2 Å². The Labute approximate surface area is 169 Å². The third-order valence-corrected chi connectivity index (χ3v) is 4.98. The second kappa shape index (κ2) is 8.49. The lowest BCUT2D eigenvalue weighted by Gasteiger charge is -2.19. The van der Waals surface area contributed by atoms with Crippen LogP contribution in [0.2, 0.25) is 0 Å². The maximum Gasteiger partial charge on any atom is 0.339 e. The molecule has 0 aliphatic rings. The van der Waals surface area contributed by atoms with E-state index in [1.165, 1.54) is 0 Å². The highest BCUT2D eigenvalue weighted by Crippen LogP contribution is 2.31. The van der Waals surface area contributed by atoms with Crippen molar-refractivity contribution < 1.29 is 19.1 Å². The molecule has 0 bridgehead atoms. The zero-order valence-electron chi connectivity index (χ0n) is 17.0. The largest absolute Gasteiger partial charge is 0.480 e. The summed E-state index contributed by atoms with van der Waals surface area (Å²) in [6, 6.07) is 12.7. The molecule has 0 aliphatic carbocycles. The van der Waals surface area contributed by atoms with E-state index >= 15 is 0 Å². The number of hydrogen-bond acceptors (Lipinski definition) is 5. The van der Waals surface area contributed by atoms with E-state index in [9.17, 15) is 14.7 Å². The highest BCUT2D eigenvalue weighted by molar-refractivity contribution is 5.89. The number of rotatable bonds is 6. The molecular weight excluding hydrogens is 370 g/mol. The van der Waals surface area contributed by atoms with Crippen LogP contribution in [0, 0.1) is 20.8 Å². The summed E-state index contributed by atoms with van der Waals surface area (Å²) in [5, 5.41) is 13.6. The molecule has 6 nitrogen and oxygen atoms in total. The third-order valence-electron chi connectivity index (χ3n) is 4.98. The molecule has 0 saturated heterocycles. The van der Waals surface area contributed by atoms with Crippen LogP contribution in [-0.2, 0) is 4.79 Å². The molecule has 1 heterocycles. The van der Waals surface area contributed by atoms with Crippen molar-refractivity contribution in [3.63, 3.8) is 0 Å². The SMILES string of the molecule is Cc1cc(O[C@@H](C)C(=O)NC[C@H](O)c2ccccc2)c2c(C)c(C)c(=O)oc2c1. The molecule has 0 radical (unpaired) electrons. The third kappa shape index (κ3) is 4.49. The maximum atomic E-state index is 12.5. The van der Waals surface area contributed by atoms with Gasteiger partial charge in [0.15, 0.2) is 6.10 Å². The van der Waals surface area contributed by atoms with Crippen LogP contribution in [0.1, 0.15) is 35.3 Å². The molecule has 3 rings (SSSR count). The molecule has 3 aromatic rings. The molecule has 2 N–H and O–H groups in total. The van der Waals surface area contributed by atoms with Crippen molar-refractivity contribution in [3.05, 3.63) is 75.1 Å². The van der Waals surface area contributed by atoms with Gasteiger partial charge in [-0.15, -0.1) is 0 Å². The van der Waals surface area contributed by atoms with Gasteiger partial charge in [-0.2, -0.15) is 0 Å². The van der Waals surface area contributed by atoms with Crippen LogP contribution in [0.15, 0.2) is 51.7 Å². The number of fused-ring (bicyclic) bond motifs is 1. The van der Waals surface area contributed by atoms with Gasteiger partial charge < -0.3 is 19.6 Å². The number of ether oxygens (including phenoxy) is 1. The first-order chi connectivity index (χ1) is 13.8. The van der Waals surface area contributed by atoms with Crippen LogP contribution in [0.3, 0.4) is 0 Å². The Bertz CT molecular complexity index is 1090. The van der Waals surface area contributed by atoms with Crippen molar-refractivity contribution in [1.29, 1.82) is 0 Å². The lowest BCUT2D eigenvalue weighted by atomic mass is 10.0. The number of benzene rings is 2. The van der Waals surface area contributed by atoms with E-state index in [0.29, 0.717) is 22.3 Å². The van der Waals surface area contributed by atoms with E-state index in [2.05, 4.69) is 5.32 Å². The molecule has 0 aliphatic heterocycles. The lowest BCUT2D eigenvalue weighted by Crippen LogP contribution is -2.38. The summed E-state index contributed by atoms with van der Waals surface area (Å²) in [5.41, 5.74) is 2.90. The number of aliphatic hydroxyl groups excluding tert-OH is 1. The van der Waals surface area contributed by atoms with Gasteiger partial charge in [0.1, 0.15) is 11.3 Å². The van der Waals surface area contributed by atoms with E-state index in [1.807, 2.05) is 38.1 Å². The first kappa shape index (κ1) is 20.6. The van der Waals surface area contributed by atoms with E-state index in [4.69, 9.17) is 9.15 Å². The summed E-state index contributed by atoms with van der Waals surface area (Å²) in [6.45, 7) is 7.11. The minimum Gasteiger partial charge on any atom is -0.480 e. The second-order valence-electron chi connectivity index (χ2n) is 7.21. The number of nitrogens with one attached hydrogen (secondary N) is 1. The first-order valence-corrected chi connectivity index (χ1v) is 9.50. The molecule has 0 unspecified atom stereocenters. The average molecular weight is 395 g/mol. The Kier molecular flexibility index (Phi) is 6.03. The molecule has 1 aromatic heterocycles. The van der Waals surface area contributed by atoms with Gasteiger partial charge >= 0.3 is 5.63 Å². The topological polar surface area (TPSA) is 88.8 Å². The van der Waals surface area contributed by atoms with Gasteiger partial charge in [-0.3, -0.25) is 4.79 Å². The average Bonchev–Trinajstić information content (AvgIpc) is 2.70. The van der Waals surface area contributed by atoms with Crippen LogP contribution in [-0.4, -0.2) is 23.7 Å². The van der Waals surface area contributed by atoms with E-state index in [0.717, 1.165) is 16.7 Å². The minimum absolute atomic E-state index is 0.0815. The van der Waals surface area contributed by atoms with Gasteiger partial charge in [0.05, 0.1) is 11.5 Å². The van der Waals surface area contributed by atoms with Gasteiger partial charge in [0.2, 0.25) is 0 Å². The highest BCUT2D eigenvalue weighted by atomic mass is 16.5. The number of carbonyl (C=O) groups excluding carboxylic acids is 1. The summed E-state index contributed by atoms with van der Waals surface area (Å²) in [5.74, 6) is 0.136. The van der Waals surface area contributed by atoms with Crippen molar-refractivity contribution in [3.8, 4) is 5.75 Å². The van der Waals surface area contributed by atoms with Crippen LogP contribution < -0.4 is 15.7 Å². The second-order valence-corrected chi connectivity index (χ2v) is 7.21. The van der Waals surface area contributed by atoms with Crippen LogP contribution >= 0.6 is 0 Å². The Hall–Kier alpha value is -3.12. The Morgan fingerprint density at radius 3 is 2.52 bits per heavy atom. The number of aryl methyl sites for hydroxylation is 2. The summed E-state index contributed by atoms with van der Waals surface area (Å²) in [4.78, 5) is 24.5. The highest BCUT2D eigenvalue weighted by Gasteiger charge is 2.20. The Morgan fingerprint density at radius 1 is 1.14 bits per heavy atom. The first-order valence-electron chi connectivity index (χ1n) is 9.50. The fourth-order valence-corrected chi connectivity index (χ4v) is 3.16. The normalized spacial score (nSPS) is 13.1. The molecule has 0 fully saturated rings. The minimum atomic E-state index is -0.800. The van der Waals surface area contributed by atoms with E-state index in [1.54, 1.807) is 32.0 Å². The van der Waals surface area contributed by atoms with Gasteiger partial charge in [-0.1, -0.05) is 30.3 Å². The number of amides is 1.